The van der Waals surface area contributed by atoms with Gasteiger partial charge in [0, 0.05) is 17.6 Å². The van der Waals surface area contributed by atoms with E-state index in [-0.39, 0.29) is 0 Å². The molecule has 0 atom stereocenters. The Hall–Kier alpha value is -0.700. The van der Waals surface area contributed by atoms with E-state index in [9.17, 15) is 0 Å². The Balaban J connectivity index is 2.66. The van der Waals surface area contributed by atoms with E-state index in [0.29, 0.717) is 28.9 Å². The van der Waals surface area contributed by atoms with Crippen LogP contribution in [-0.2, 0) is 0 Å². The third-order valence-corrected chi connectivity index (χ3v) is 2.16. The molecule has 76 valence electrons. The molecule has 0 unspecified atom stereocenters. The van der Waals surface area contributed by atoms with Crippen LogP contribution >= 0.6 is 23.2 Å². The van der Waals surface area contributed by atoms with Crippen LogP contribution in [0.5, 0.6) is 5.75 Å². The number of hydrogen-bond acceptors (Lipinski definition) is 2. The summed E-state index contributed by atoms with van der Waals surface area (Å²) in [5, 5.41) is 1.11. The van der Waals surface area contributed by atoms with Crippen molar-refractivity contribution in [3.8, 4) is 5.75 Å². The zero-order valence-electron chi connectivity index (χ0n) is 7.59. The summed E-state index contributed by atoms with van der Waals surface area (Å²) in [6.07, 6.45) is 0. The van der Waals surface area contributed by atoms with Crippen LogP contribution in [0.3, 0.4) is 0 Å². The monoisotopic (exact) mass is 231 g/mol. The second-order valence-electron chi connectivity index (χ2n) is 2.82. The molecule has 0 saturated carbocycles. The molecule has 4 heteroatoms. The highest BCUT2D eigenvalue weighted by Gasteiger charge is 2.02. The van der Waals surface area contributed by atoms with E-state index >= 15 is 0 Å². The first-order valence-electron chi connectivity index (χ1n) is 4.08. The standard InChI is InChI=1S/C10H11Cl2NO/c1-7(5-13)6-14-10-4-8(11)2-3-9(10)12/h2-4H,1,5-6,13H2. The Morgan fingerprint density at radius 3 is 2.79 bits per heavy atom. The third kappa shape index (κ3) is 3.22. The third-order valence-electron chi connectivity index (χ3n) is 1.61. The van der Waals surface area contributed by atoms with Crippen molar-refractivity contribution in [3.63, 3.8) is 0 Å². The highest BCUT2D eigenvalue weighted by molar-refractivity contribution is 6.34. The molecule has 14 heavy (non-hydrogen) atoms. The second-order valence-corrected chi connectivity index (χ2v) is 3.66. The summed E-state index contributed by atoms with van der Waals surface area (Å²) in [6, 6.07) is 5.05. The van der Waals surface area contributed by atoms with Crippen molar-refractivity contribution in [2.24, 2.45) is 5.73 Å². The van der Waals surface area contributed by atoms with E-state index < -0.39 is 0 Å². The molecule has 0 radical (unpaired) electrons. The summed E-state index contributed by atoms with van der Waals surface area (Å²) < 4.78 is 5.37. The van der Waals surface area contributed by atoms with Gasteiger partial charge in [0.15, 0.2) is 0 Å². The summed E-state index contributed by atoms with van der Waals surface area (Å²) in [6.45, 7) is 4.47. The van der Waals surface area contributed by atoms with Crippen molar-refractivity contribution in [1.29, 1.82) is 0 Å². The van der Waals surface area contributed by atoms with Gasteiger partial charge in [0.2, 0.25) is 0 Å². The van der Waals surface area contributed by atoms with E-state index in [1.165, 1.54) is 0 Å². The maximum Gasteiger partial charge on any atom is 0.139 e. The van der Waals surface area contributed by atoms with Gasteiger partial charge < -0.3 is 10.5 Å². The molecule has 2 N–H and O–H groups in total. The summed E-state index contributed by atoms with van der Waals surface area (Å²) >= 11 is 11.7. The normalized spacial score (nSPS) is 9.93. The van der Waals surface area contributed by atoms with Gasteiger partial charge in [-0.15, -0.1) is 0 Å². The Bertz CT molecular complexity index is 339. The van der Waals surface area contributed by atoms with Crippen LogP contribution in [-0.4, -0.2) is 13.2 Å². The van der Waals surface area contributed by atoms with Crippen LogP contribution in [0, 0.1) is 0 Å². The first-order valence-corrected chi connectivity index (χ1v) is 4.83. The van der Waals surface area contributed by atoms with Crippen LogP contribution in [0.15, 0.2) is 30.4 Å². The van der Waals surface area contributed by atoms with E-state index in [2.05, 4.69) is 6.58 Å². The molecule has 0 aromatic heterocycles. The number of nitrogens with two attached hydrogens (primary N) is 1. The molecule has 0 saturated heterocycles. The van der Waals surface area contributed by atoms with Crippen molar-refractivity contribution in [2.45, 2.75) is 0 Å². The van der Waals surface area contributed by atoms with Crippen molar-refractivity contribution < 1.29 is 4.74 Å². The zero-order valence-corrected chi connectivity index (χ0v) is 9.11. The first kappa shape index (κ1) is 11.4. The number of rotatable bonds is 4. The van der Waals surface area contributed by atoms with Crippen LogP contribution < -0.4 is 10.5 Å². The minimum absolute atomic E-state index is 0.358. The number of benzene rings is 1. The first-order chi connectivity index (χ1) is 6.63. The van der Waals surface area contributed by atoms with Crippen LogP contribution in [0.25, 0.3) is 0 Å². The summed E-state index contributed by atoms with van der Waals surface area (Å²) in [5.41, 5.74) is 6.17. The van der Waals surface area contributed by atoms with Gasteiger partial charge in [-0.1, -0.05) is 29.8 Å². The van der Waals surface area contributed by atoms with Gasteiger partial charge >= 0.3 is 0 Å². The molecule has 0 bridgehead atoms. The smallest absolute Gasteiger partial charge is 0.139 e. The zero-order chi connectivity index (χ0) is 10.6. The molecule has 0 aliphatic rings. The molecule has 0 fully saturated rings. The fraction of sp³-hybridized carbons (Fsp3) is 0.200. The van der Waals surface area contributed by atoms with Gasteiger partial charge in [-0.2, -0.15) is 0 Å². The van der Waals surface area contributed by atoms with E-state index in [4.69, 9.17) is 33.7 Å². The van der Waals surface area contributed by atoms with E-state index in [1.54, 1.807) is 18.2 Å². The number of ether oxygens (including phenoxy) is 1. The minimum Gasteiger partial charge on any atom is -0.488 e. The largest absolute Gasteiger partial charge is 0.488 e. The van der Waals surface area contributed by atoms with Crippen LogP contribution in [0.1, 0.15) is 0 Å². The van der Waals surface area contributed by atoms with Gasteiger partial charge in [-0.25, -0.2) is 0 Å². The van der Waals surface area contributed by atoms with Gasteiger partial charge in [0.25, 0.3) is 0 Å². The fourth-order valence-corrected chi connectivity index (χ4v) is 1.16. The maximum atomic E-state index is 5.88. The number of hydrogen-bond donors (Lipinski definition) is 1. The fourth-order valence-electron chi connectivity index (χ4n) is 0.827. The molecular weight excluding hydrogens is 221 g/mol. The lowest BCUT2D eigenvalue weighted by Crippen LogP contribution is -2.09. The highest BCUT2D eigenvalue weighted by Crippen LogP contribution is 2.27. The average molecular weight is 232 g/mol. The van der Waals surface area contributed by atoms with Crippen LogP contribution in [0.4, 0.5) is 0 Å². The molecule has 1 aromatic carbocycles. The lowest BCUT2D eigenvalue weighted by molar-refractivity contribution is 0.351. The molecule has 1 aromatic rings. The van der Waals surface area contributed by atoms with Crippen molar-refractivity contribution in [2.75, 3.05) is 13.2 Å². The van der Waals surface area contributed by atoms with Gasteiger partial charge in [-0.3, -0.25) is 0 Å². The van der Waals surface area contributed by atoms with Crippen molar-refractivity contribution in [1.82, 2.24) is 0 Å². The summed E-state index contributed by atoms with van der Waals surface area (Å²) in [4.78, 5) is 0. The predicted octanol–water partition coefficient (Wildman–Crippen LogP) is 2.89. The Morgan fingerprint density at radius 1 is 1.43 bits per heavy atom. The quantitative estimate of drug-likeness (QED) is 0.810. The van der Waals surface area contributed by atoms with E-state index in [0.717, 1.165) is 5.57 Å². The number of halogens is 2. The lowest BCUT2D eigenvalue weighted by Gasteiger charge is -2.08. The molecule has 0 aliphatic carbocycles. The molecule has 2 nitrogen and oxygen atoms in total. The van der Waals surface area contributed by atoms with E-state index in [1.807, 2.05) is 0 Å². The molecular formula is C10H11Cl2NO. The average Bonchev–Trinajstić information content (AvgIpc) is 2.19. The van der Waals surface area contributed by atoms with Gasteiger partial charge in [-0.05, 0) is 17.7 Å². The van der Waals surface area contributed by atoms with Crippen molar-refractivity contribution >= 4 is 23.2 Å². The van der Waals surface area contributed by atoms with Gasteiger partial charge in [0.1, 0.15) is 12.4 Å². The Morgan fingerprint density at radius 2 is 2.14 bits per heavy atom. The van der Waals surface area contributed by atoms with Crippen molar-refractivity contribution in [3.05, 3.63) is 40.4 Å². The minimum atomic E-state index is 0.358. The maximum absolute atomic E-state index is 5.88. The molecule has 0 heterocycles. The van der Waals surface area contributed by atoms with Crippen LogP contribution in [0.2, 0.25) is 10.0 Å². The summed E-state index contributed by atoms with van der Waals surface area (Å²) in [7, 11) is 0. The lowest BCUT2D eigenvalue weighted by atomic mass is 10.3. The molecule has 0 amide bonds. The molecule has 0 aliphatic heterocycles. The second kappa shape index (κ2) is 5.25. The predicted molar refractivity (Wildman–Crippen MR) is 60.2 cm³/mol. The SMILES string of the molecule is C=C(CN)COc1cc(Cl)ccc1Cl. The molecule has 1 rings (SSSR count). The Kier molecular flexibility index (Phi) is 4.26. The molecule has 0 spiro atoms. The van der Waals surface area contributed by atoms with Gasteiger partial charge in [0.05, 0.1) is 5.02 Å². The topological polar surface area (TPSA) is 35.2 Å². The summed E-state index contributed by atoms with van der Waals surface area (Å²) in [5.74, 6) is 0.550. The Labute approximate surface area is 93.3 Å². The highest BCUT2D eigenvalue weighted by atomic mass is 35.5.